The van der Waals surface area contributed by atoms with Crippen LogP contribution >= 0.6 is 0 Å². The van der Waals surface area contributed by atoms with Crippen LogP contribution in [0.25, 0.3) is 5.76 Å². The summed E-state index contributed by atoms with van der Waals surface area (Å²) >= 11 is 0. The van der Waals surface area contributed by atoms with Gasteiger partial charge in [0.25, 0.3) is 5.91 Å². The zero-order valence-corrected chi connectivity index (χ0v) is 21.0. The molecule has 1 amide bonds. The van der Waals surface area contributed by atoms with Gasteiger partial charge in [-0.15, -0.1) is 0 Å². The molecule has 1 saturated heterocycles. The molecule has 3 rings (SSSR count). The highest BCUT2D eigenvalue weighted by Gasteiger charge is 2.44. The Labute approximate surface area is 206 Å². The molecule has 2 N–H and O–H groups in total. The molecule has 8 nitrogen and oxygen atoms in total. The standard InChI is InChI=1S/C27H34N2O6/c1-6-28(7-2)13-14-29-24(18-9-11-20(30)22(16-18)35-8-3)23(26(32)27(29)33)25(31)19-10-12-21(34-5)17(4)15-19/h9-12,15-16,24,30-31H,6-8,13-14H2,1-5H3. The van der Waals surface area contributed by atoms with Crippen LogP contribution in [0.1, 0.15) is 43.5 Å². The second-order valence-electron chi connectivity index (χ2n) is 8.52. The van der Waals surface area contributed by atoms with Crippen LogP contribution in [-0.2, 0) is 9.59 Å². The molecule has 8 heteroatoms. The first-order valence-corrected chi connectivity index (χ1v) is 12.0. The summed E-state index contributed by atoms with van der Waals surface area (Å²) in [5, 5.41) is 23.8. The molecule has 1 unspecified atom stereocenters. The van der Waals surface area contributed by atoms with Crippen LogP contribution in [0, 0.1) is 6.92 Å². The van der Waals surface area contributed by atoms with Crippen LogP contribution in [0.4, 0.5) is 0 Å². The zero-order chi connectivity index (χ0) is 25.7. The number of likely N-dealkylation sites (N-methyl/N-ethyl adjacent to an activating group) is 1. The van der Waals surface area contributed by atoms with Crippen molar-refractivity contribution in [2.75, 3.05) is 39.9 Å². The fourth-order valence-corrected chi connectivity index (χ4v) is 4.48. The van der Waals surface area contributed by atoms with Crippen molar-refractivity contribution in [1.29, 1.82) is 0 Å². The van der Waals surface area contributed by atoms with Gasteiger partial charge in [-0.1, -0.05) is 17.9 Å². The number of ether oxygens (including phenoxy) is 2. The van der Waals surface area contributed by atoms with Gasteiger partial charge in [0, 0.05) is 5.57 Å². The highest BCUT2D eigenvalue weighted by Crippen LogP contribution is 2.41. The van der Waals surface area contributed by atoms with Crippen LogP contribution in [0.5, 0.6) is 17.2 Å². The molecule has 2 aromatic carbocycles. The van der Waals surface area contributed by atoms with Crippen molar-refractivity contribution in [3.8, 4) is 17.2 Å². The molecule has 2 aromatic rings. The lowest BCUT2D eigenvalue weighted by Crippen LogP contribution is -3.12. The summed E-state index contributed by atoms with van der Waals surface area (Å²) in [6, 6.07) is 8.74. The Hall–Kier alpha value is -3.52. The van der Waals surface area contributed by atoms with Gasteiger partial charge in [-0.05, 0) is 68.7 Å². The largest absolute Gasteiger partial charge is 0.872 e. The van der Waals surface area contributed by atoms with E-state index in [9.17, 15) is 19.8 Å². The molecular formula is C27H34N2O6. The summed E-state index contributed by atoms with van der Waals surface area (Å²) in [6.07, 6.45) is 0. The number of nitrogens with zero attached hydrogens (tertiary/aromatic N) is 1. The lowest BCUT2D eigenvalue weighted by atomic mass is 9.94. The van der Waals surface area contributed by atoms with E-state index in [1.54, 1.807) is 44.4 Å². The number of aromatic hydroxyl groups is 1. The van der Waals surface area contributed by atoms with Crippen LogP contribution in [-0.4, -0.2) is 61.6 Å². The van der Waals surface area contributed by atoms with Gasteiger partial charge in [0.05, 0.1) is 45.9 Å². The molecule has 1 heterocycles. The average Bonchev–Trinajstić information content (AvgIpc) is 3.10. The van der Waals surface area contributed by atoms with E-state index in [4.69, 9.17) is 9.47 Å². The summed E-state index contributed by atoms with van der Waals surface area (Å²) in [5.74, 6) is -1.18. The highest BCUT2D eigenvalue weighted by molar-refractivity contribution is 6.46. The number of likely N-dealkylation sites (tertiary alicyclic amines) is 1. The Morgan fingerprint density at radius 1 is 1.09 bits per heavy atom. The maximum Gasteiger partial charge on any atom is 0.295 e. The van der Waals surface area contributed by atoms with Crippen LogP contribution in [0.2, 0.25) is 0 Å². The minimum atomic E-state index is -0.875. The number of aryl methyl sites for hydroxylation is 1. The predicted molar refractivity (Wildman–Crippen MR) is 130 cm³/mol. The van der Waals surface area contributed by atoms with E-state index in [1.807, 2.05) is 6.92 Å². The lowest BCUT2D eigenvalue weighted by Gasteiger charge is -2.29. The third kappa shape index (κ3) is 5.27. The van der Waals surface area contributed by atoms with Crippen LogP contribution in [0.3, 0.4) is 0 Å². The number of carbonyl (C=O) groups is 2. The number of phenolic OH excluding ortho intramolecular Hbond substituents is 1. The molecular weight excluding hydrogens is 448 g/mol. The number of rotatable bonds is 10. The third-order valence-corrected chi connectivity index (χ3v) is 6.49. The van der Waals surface area contributed by atoms with Gasteiger partial charge in [0.15, 0.2) is 11.5 Å². The molecule has 0 spiro atoms. The number of Topliss-reactive ketones (excluding diaryl/α,β-unsaturated/α-hetero) is 1. The van der Waals surface area contributed by atoms with Crippen molar-refractivity contribution >= 4 is 17.4 Å². The van der Waals surface area contributed by atoms with E-state index >= 15 is 0 Å². The SMILES string of the molecule is CCOc1cc(C2C(=C([O-])c3ccc(OC)c(C)c3)C(=O)C(=O)N2CC[NH+](CC)CC)ccc1O. The Bertz CT molecular complexity index is 1120. The summed E-state index contributed by atoms with van der Waals surface area (Å²) in [4.78, 5) is 29.1. The number of hydrogen-bond acceptors (Lipinski definition) is 6. The molecule has 0 radical (unpaired) electrons. The van der Waals surface area contributed by atoms with E-state index < -0.39 is 23.5 Å². The maximum absolute atomic E-state index is 13.6. The van der Waals surface area contributed by atoms with Gasteiger partial charge in [-0.25, -0.2) is 0 Å². The normalized spacial score (nSPS) is 17.3. The number of benzene rings is 2. The van der Waals surface area contributed by atoms with Crippen LogP contribution < -0.4 is 19.5 Å². The fraction of sp³-hybridized carbons (Fsp3) is 0.407. The molecule has 1 aliphatic rings. The van der Waals surface area contributed by atoms with Gasteiger partial charge >= 0.3 is 0 Å². The second kappa shape index (κ2) is 11.3. The molecule has 35 heavy (non-hydrogen) atoms. The minimum Gasteiger partial charge on any atom is -0.872 e. The number of methoxy groups -OCH3 is 1. The molecule has 1 aliphatic heterocycles. The number of hydrogen-bond donors (Lipinski definition) is 2. The monoisotopic (exact) mass is 482 g/mol. The molecule has 1 fully saturated rings. The Morgan fingerprint density at radius 2 is 1.80 bits per heavy atom. The first-order valence-electron chi connectivity index (χ1n) is 12.0. The number of ketones is 1. The molecule has 0 aromatic heterocycles. The molecule has 0 aliphatic carbocycles. The highest BCUT2D eigenvalue weighted by atomic mass is 16.5. The quantitative estimate of drug-likeness (QED) is 0.300. The summed E-state index contributed by atoms with van der Waals surface area (Å²) in [6.45, 7) is 10.8. The predicted octanol–water partition coefficient (Wildman–Crippen LogP) is 1.26. The van der Waals surface area contributed by atoms with Gasteiger partial charge in [0.2, 0.25) is 5.78 Å². The van der Waals surface area contributed by atoms with Gasteiger partial charge in [-0.3, -0.25) is 9.59 Å². The first-order chi connectivity index (χ1) is 16.8. The average molecular weight is 483 g/mol. The maximum atomic E-state index is 13.6. The number of quaternary nitrogens is 1. The smallest absolute Gasteiger partial charge is 0.295 e. The van der Waals surface area contributed by atoms with E-state index in [-0.39, 0.29) is 17.1 Å². The molecule has 188 valence electrons. The molecule has 0 saturated carbocycles. The van der Waals surface area contributed by atoms with Gasteiger partial charge in [-0.2, -0.15) is 0 Å². The Balaban J connectivity index is 2.16. The number of nitrogens with one attached hydrogen (secondary N) is 1. The van der Waals surface area contributed by atoms with Crippen LogP contribution in [0.15, 0.2) is 42.0 Å². The first kappa shape index (κ1) is 26.1. The van der Waals surface area contributed by atoms with Crippen molar-refractivity contribution in [3.05, 3.63) is 58.7 Å². The summed E-state index contributed by atoms with van der Waals surface area (Å²) < 4.78 is 10.8. The van der Waals surface area contributed by atoms with E-state index in [0.29, 0.717) is 36.6 Å². The minimum absolute atomic E-state index is 0.0518. The summed E-state index contributed by atoms with van der Waals surface area (Å²) in [7, 11) is 1.55. The number of phenols is 1. The lowest BCUT2D eigenvalue weighted by molar-refractivity contribution is -0.895. The van der Waals surface area contributed by atoms with Crippen molar-refractivity contribution in [1.82, 2.24) is 4.90 Å². The topological polar surface area (TPSA) is 104 Å². The second-order valence-corrected chi connectivity index (χ2v) is 8.52. The zero-order valence-electron chi connectivity index (χ0n) is 21.0. The van der Waals surface area contributed by atoms with Crippen molar-refractivity contribution in [3.63, 3.8) is 0 Å². The molecule has 1 atom stereocenters. The van der Waals surface area contributed by atoms with Crippen molar-refractivity contribution < 1.29 is 34.2 Å². The van der Waals surface area contributed by atoms with Crippen molar-refractivity contribution in [2.24, 2.45) is 0 Å². The third-order valence-electron chi connectivity index (χ3n) is 6.49. The van der Waals surface area contributed by atoms with E-state index in [1.165, 1.54) is 15.9 Å². The Morgan fingerprint density at radius 3 is 2.40 bits per heavy atom. The van der Waals surface area contributed by atoms with E-state index in [0.717, 1.165) is 18.7 Å². The molecule has 0 bridgehead atoms. The van der Waals surface area contributed by atoms with E-state index in [2.05, 4.69) is 13.8 Å². The van der Waals surface area contributed by atoms with Gasteiger partial charge in [0.1, 0.15) is 5.75 Å². The number of carbonyl (C=O) groups excluding carboxylic acids is 2. The Kier molecular flexibility index (Phi) is 8.40. The summed E-state index contributed by atoms with van der Waals surface area (Å²) in [5.41, 5.74) is 1.50. The van der Waals surface area contributed by atoms with Crippen molar-refractivity contribution in [2.45, 2.75) is 33.7 Å². The fourth-order valence-electron chi connectivity index (χ4n) is 4.48. The number of amides is 1. The van der Waals surface area contributed by atoms with Gasteiger partial charge < -0.3 is 29.5 Å².